The number of para-hydroxylation sites is 1. The molecule has 0 bridgehead atoms. The summed E-state index contributed by atoms with van der Waals surface area (Å²) in [5.74, 6) is -1.21. The Balaban J connectivity index is 2.38. The molecule has 0 fully saturated rings. The zero-order valence-corrected chi connectivity index (χ0v) is 10.7. The van der Waals surface area contributed by atoms with Gasteiger partial charge in [-0.05, 0) is 34.1 Å². The van der Waals surface area contributed by atoms with Crippen LogP contribution in [0.15, 0.2) is 34.9 Å². The Morgan fingerprint density at radius 1 is 1.24 bits per heavy atom. The molecule has 2 aromatic rings. The first-order valence-corrected chi connectivity index (χ1v) is 5.77. The Hall–Kier alpha value is -1.20. The first-order chi connectivity index (χ1) is 8.08. The van der Waals surface area contributed by atoms with Crippen molar-refractivity contribution in [2.24, 2.45) is 0 Å². The molecule has 0 saturated heterocycles. The largest absolute Gasteiger partial charge is 0.334 e. The van der Waals surface area contributed by atoms with E-state index in [4.69, 9.17) is 11.6 Å². The Labute approximate surface area is 110 Å². The average molecular weight is 320 g/mol. The number of rotatable bonds is 2. The van der Waals surface area contributed by atoms with Crippen LogP contribution in [0.25, 0.3) is 0 Å². The van der Waals surface area contributed by atoms with E-state index in [0.717, 1.165) is 12.1 Å². The number of hydrogen-bond donors (Lipinski definition) is 1. The van der Waals surface area contributed by atoms with Crippen LogP contribution in [0.2, 0.25) is 5.02 Å². The highest BCUT2D eigenvalue weighted by Gasteiger charge is 2.11. The molecule has 0 amide bonds. The molecule has 0 unspecified atom stereocenters. The average Bonchev–Trinajstić information content (AvgIpc) is 2.26. The van der Waals surface area contributed by atoms with Crippen molar-refractivity contribution >= 4 is 39.0 Å². The summed E-state index contributed by atoms with van der Waals surface area (Å²) in [7, 11) is 0. The van der Waals surface area contributed by atoms with Gasteiger partial charge in [-0.25, -0.2) is 13.8 Å². The lowest BCUT2D eigenvalue weighted by molar-refractivity contribution is 0.590. The van der Waals surface area contributed by atoms with Gasteiger partial charge in [-0.1, -0.05) is 17.7 Å². The molecule has 2 rings (SSSR count). The molecule has 0 aliphatic carbocycles. The number of nitrogens with one attached hydrogen (secondary N) is 1. The third-order valence-electron chi connectivity index (χ3n) is 2.01. The summed E-state index contributed by atoms with van der Waals surface area (Å²) in [5, 5.41) is 2.79. The second-order valence-corrected chi connectivity index (χ2v) is 4.53. The molecule has 0 aliphatic heterocycles. The molecular formula is C11H6BrClF2N2. The topological polar surface area (TPSA) is 24.9 Å². The third kappa shape index (κ3) is 2.73. The van der Waals surface area contributed by atoms with E-state index in [1.807, 2.05) is 0 Å². The van der Waals surface area contributed by atoms with Gasteiger partial charge in [0.15, 0.2) is 0 Å². The summed E-state index contributed by atoms with van der Waals surface area (Å²) in [6.07, 6.45) is 1.48. The Morgan fingerprint density at radius 3 is 2.47 bits per heavy atom. The molecule has 6 heteroatoms. The van der Waals surface area contributed by atoms with Gasteiger partial charge in [-0.15, -0.1) is 0 Å². The standard InChI is InChI=1S/C11H6BrClF2N2/c12-6-4-7(13)11(16-5-6)17-10-8(14)2-1-3-9(10)15/h1-5H,(H,16,17). The Morgan fingerprint density at radius 2 is 1.88 bits per heavy atom. The predicted octanol–water partition coefficient (Wildman–Crippen LogP) is 4.52. The molecule has 0 saturated carbocycles. The lowest BCUT2D eigenvalue weighted by Crippen LogP contribution is -1.99. The van der Waals surface area contributed by atoms with Crippen LogP contribution >= 0.6 is 27.5 Å². The normalized spacial score (nSPS) is 10.4. The van der Waals surface area contributed by atoms with E-state index in [2.05, 4.69) is 26.2 Å². The molecule has 1 aromatic carbocycles. The summed E-state index contributed by atoms with van der Waals surface area (Å²) in [6, 6.07) is 5.17. The minimum absolute atomic E-state index is 0.193. The fourth-order valence-electron chi connectivity index (χ4n) is 1.24. The number of pyridine rings is 1. The predicted molar refractivity (Wildman–Crippen MR) is 66.6 cm³/mol. The highest BCUT2D eigenvalue weighted by Crippen LogP contribution is 2.28. The Bertz CT molecular complexity index is 543. The zero-order valence-electron chi connectivity index (χ0n) is 8.35. The molecule has 0 aliphatic rings. The quantitative estimate of drug-likeness (QED) is 0.880. The maximum Gasteiger partial charge on any atom is 0.149 e. The number of anilines is 2. The van der Waals surface area contributed by atoms with Gasteiger partial charge in [0, 0.05) is 10.7 Å². The van der Waals surface area contributed by atoms with Gasteiger partial charge in [0.1, 0.15) is 23.1 Å². The van der Waals surface area contributed by atoms with Gasteiger partial charge in [0.25, 0.3) is 0 Å². The monoisotopic (exact) mass is 318 g/mol. The van der Waals surface area contributed by atoms with Gasteiger partial charge in [-0.2, -0.15) is 0 Å². The summed E-state index contributed by atoms with van der Waals surface area (Å²) in [5.41, 5.74) is -0.274. The lowest BCUT2D eigenvalue weighted by Gasteiger charge is -2.09. The minimum atomic E-state index is -0.703. The van der Waals surface area contributed by atoms with Gasteiger partial charge in [0.05, 0.1) is 5.02 Å². The van der Waals surface area contributed by atoms with Crippen molar-refractivity contribution in [1.82, 2.24) is 4.98 Å². The molecule has 1 N–H and O–H groups in total. The molecule has 1 aromatic heterocycles. The van der Waals surface area contributed by atoms with E-state index >= 15 is 0 Å². The van der Waals surface area contributed by atoms with Crippen molar-refractivity contribution in [3.8, 4) is 0 Å². The van der Waals surface area contributed by atoms with Gasteiger partial charge in [-0.3, -0.25) is 0 Å². The van der Waals surface area contributed by atoms with Gasteiger partial charge in [0.2, 0.25) is 0 Å². The maximum atomic E-state index is 13.4. The van der Waals surface area contributed by atoms with Crippen LogP contribution in [0.5, 0.6) is 0 Å². The summed E-state index contributed by atoms with van der Waals surface area (Å²) in [6.45, 7) is 0. The first kappa shape index (κ1) is 12.3. The SMILES string of the molecule is Fc1cccc(F)c1Nc1ncc(Br)cc1Cl. The summed E-state index contributed by atoms with van der Waals surface area (Å²) < 4.78 is 27.4. The molecule has 0 radical (unpaired) electrons. The second kappa shape index (κ2) is 4.98. The van der Waals surface area contributed by atoms with Crippen molar-refractivity contribution in [3.05, 3.63) is 51.6 Å². The number of halogens is 4. The van der Waals surface area contributed by atoms with E-state index in [1.165, 1.54) is 12.3 Å². The van der Waals surface area contributed by atoms with Crippen LogP contribution in [0, 0.1) is 11.6 Å². The van der Waals surface area contributed by atoms with Crippen LogP contribution in [-0.4, -0.2) is 4.98 Å². The van der Waals surface area contributed by atoms with Gasteiger partial charge < -0.3 is 5.32 Å². The number of benzene rings is 1. The van der Waals surface area contributed by atoms with Crippen LogP contribution in [-0.2, 0) is 0 Å². The van der Waals surface area contributed by atoms with Crippen molar-refractivity contribution in [2.75, 3.05) is 5.32 Å². The van der Waals surface area contributed by atoms with Crippen LogP contribution in [0.1, 0.15) is 0 Å². The van der Waals surface area contributed by atoms with Crippen molar-refractivity contribution in [1.29, 1.82) is 0 Å². The highest BCUT2D eigenvalue weighted by molar-refractivity contribution is 9.10. The summed E-state index contributed by atoms with van der Waals surface area (Å²) >= 11 is 9.07. The zero-order chi connectivity index (χ0) is 12.4. The van der Waals surface area contributed by atoms with Crippen LogP contribution in [0.4, 0.5) is 20.3 Å². The Kier molecular flexibility index (Phi) is 3.59. The van der Waals surface area contributed by atoms with E-state index < -0.39 is 11.6 Å². The van der Waals surface area contributed by atoms with Gasteiger partial charge >= 0.3 is 0 Å². The molecule has 0 spiro atoms. The number of hydrogen-bond acceptors (Lipinski definition) is 2. The molecule has 0 atom stereocenters. The highest BCUT2D eigenvalue weighted by atomic mass is 79.9. The fourth-order valence-corrected chi connectivity index (χ4v) is 1.92. The van der Waals surface area contributed by atoms with E-state index in [0.29, 0.717) is 4.47 Å². The first-order valence-electron chi connectivity index (χ1n) is 4.60. The second-order valence-electron chi connectivity index (χ2n) is 3.21. The lowest BCUT2D eigenvalue weighted by atomic mass is 10.3. The van der Waals surface area contributed by atoms with Crippen molar-refractivity contribution in [3.63, 3.8) is 0 Å². The molecule has 1 heterocycles. The molecular weight excluding hydrogens is 313 g/mol. The van der Waals surface area contributed by atoms with E-state index in [-0.39, 0.29) is 16.5 Å². The smallest absolute Gasteiger partial charge is 0.149 e. The number of aromatic nitrogens is 1. The minimum Gasteiger partial charge on any atom is -0.334 e. The molecule has 2 nitrogen and oxygen atoms in total. The van der Waals surface area contributed by atoms with Crippen molar-refractivity contribution < 1.29 is 8.78 Å². The third-order valence-corrected chi connectivity index (χ3v) is 2.74. The van der Waals surface area contributed by atoms with E-state index in [1.54, 1.807) is 6.07 Å². The molecule has 88 valence electrons. The van der Waals surface area contributed by atoms with Crippen LogP contribution < -0.4 is 5.32 Å². The number of nitrogens with zero attached hydrogens (tertiary/aromatic N) is 1. The van der Waals surface area contributed by atoms with Crippen molar-refractivity contribution in [2.45, 2.75) is 0 Å². The van der Waals surface area contributed by atoms with E-state index in [9.17, 15) is 8.78 Å². The summed E-state index contributed by atoms with van der Waals surface area (Å²) in [4.78, 5) is 3.93. The fraction of sp³-hybridized carbons (Fsp3) is 0. The van der Waals surface area contributed by atoms with Crippen LogP contribution in [0.3, 0.4) is 0 Å². The maximum absolute atomic E-state index is 13.4. The molecule has 17 heavy (non-hydrogen) atoms.